The fraction of sp³-hybridized carbons (Fsp3) is 0.417. The lowest BCUT2D eigenvalue weighted by molar-refractivity contribution is -0.207. The summed E-state index contributed by atoms with van der Waals surface area (Å²) in [5.74, 6) is -4.33. The number of halogens is 1. The number of hydrogen-bond donors (Lipinski definition) is 7. The maximum Gasteiger partial charge on any atom is 0.490 e. The van der Waals surface area contributed by atoms with Crippen LogP contribution in [0.5, 0.6) is 0 Å². The molecule has 1 saturated heterocycles. The number of carbonyl (C=O) groups is 1. The van der Waals surface area contributed by atoms with Gasteiger partial charge in [0.1, 0.15) is 12.4 Å². The Balaban J connectivity index is 2.22. The number of aliphatic hydroxyl groups excluding tert-OH is 1. The Labute approximate surface area is 178 Å². The molecule has 0 aromatic rings. The van der Waals surface area contributed by atoms with E-state index in [2.05, 4.69) is 31.6 Å². The van der Waals surface area contributed by atoms with E-state index in [1.807, 2.05) is 0 Å². The van der Waals surface area contributed by atoms with Gasteiger partial charge in [0.2, 0.25) is 0 Å². The summed E-state index contributed by atoms with van der Waals surface area (Å²) in [5, 5.41) is 23.2. The van der Waals surface area contributed by atoms with Gasteiger partial charge >= 0.3 is 23.5 Å². The minimum atomic E-state index is -5.88. The van der Waals surface area contributed by atoms with Crippen molar-refractivity contribution in [1.82, 2.24) is 10.2 Å². The largest absolute Gasteiger partial charge is 0.490 e. The zero-order valence-electron chi connectivity index (χ0n) is 15.6. The first-order valence-corrected chi connectivity index (χ1v) is 12.5. The molecule has 0 radical (unpaired) electrons. The molecule has 1 fully saturated rings. The van der Waals surface area contributed by atoms with E-state index in [1.54, 1.807) is 0 Å². The van der Waals surface area contributed by atoms with Gasteiger partial charge in [-0.2, -0.15) is 8.62 Å². The highest BCUT2D eigenvalue weighted by atomic mass is 31.3. The number of phosphoric acid groups is 3. The average molecular weight is 526 g/mol. The molecule has 0 spiro atoms. The van der Waals surface area contributed by atoms with Crippen molar-refractivity contribution in [2.75, 3.05) is 6.61 Å². The van der Waals surface area contributed by atoms with Gasteiger partial charge in [0.05, 0.1) is 0 Å². The second kappa shape index (κ2) is 8.81. The topological polar surface area (TPSA) is 242 Å². The quantitative estimate of drug-likeness (QED) is 0.141. The highest BCUT2D eigenvalue weighted by Crippen LogP contribution is 2.66. The molecule has 2 rings (SSSR count). The van der Waals surface area contributed by atoms with Crippen molar-refractivity contribution >= 4 is 29.4 Å². The van der Waals surface area contributed by atoms with Gasteiger partial charge in [0, 0.05) is 12.3 Å². The van der Waals surface area contributed by atoms with E-state index in [0.29, 0.717) is 6.08 Å². The van der Waals surface area contributed by atoms with Crippen LogP contribution in [0.25, 0.3) is 0 Å². The van der Waals surface area contributed by atoms with Crippen molar-refractivity contribution in [2.24, 2.45) is 0 Å². The van der Waals surface area contributed by atoms with E-state index in [1.165, 1.54) is 0 Å². The van der Waals surface area contributed by atoms with E-state index in [-0.39, 0.29) is 5.82 Å². The molecule has 32 heavy (non-hydrogen) atoms. The fourth-order valence-electron chi connectivity index (χ4n) is 2.61. The SMILES string of the molecule is C=C[C@]1(O)[C@H](N2C=CC(=O)NC2=C)O[C@](F)(COP(=O)(O)OP(=O)(O)OP(=O)(O)O)[C@H]1O. The summed E-state index contributed by atoms with van der Waals surface area (Å²) in [4.78, 5) is 47.7. The molecular formula is C12H18FN2O14P3. The predicted molar refractivity (Wildman–Crippen MR) is 97.9 cm³/mol. The standard InChI is InChI=1S/C12H18FN2O14P3/c1-3-11(18)9(17)12(13,27-10(11)15-5-4-8(16)14-7(15)2)6-26-31(22,23)29-32(24,25)28-30(19,20)21/h3-5,9-10,17-18H,1-2,6H2,(H,14,16)(H,22,23)(H,24,25)(H2,19,20,21)/t9-,10+,11+,12+/m0/s1. The van der Waals surface area contributed by atoms with Gasteiger partial charge in [-0.15, -0.1) is 0 Å². The number of alkyl halides is 1. The zero-order chi connectivity index (χ0) is 24.8. The number of nitrogens with one attached hydrogen (secondary N) is 1. The van der Waals surface area contributed by atoms with Crippen molar-refractivity contribution in [3.05, 3.63) is 37.3 Å². The smallest absolute Gasteiger partial charge is 0.383 e. The van der Waals surface area contributed by atoms with Gasteiger partial charge in [0.15, 0.2) is 17.9 Å². The van der Waals surface area contributed by atoms with E-state index in [9.17, 15) is 33.6 Å². The monoisotopic (exact) mass is 526 g/mol. The van der Waals surface area contributed by atoms with Crippen LogP contribution in [0.4, 0.5) is 4.39 Å². The molecule has 2 unspecified atom stereocenters. The van der Waals surface area contributed by atoms with Crippen LogP contribution < -0.4 is 5.32 Å². The number of carbonyl (C=O) groups excluding carboxylic acids is 1. The summed E-state index contributed by atoms with van der Waals surface area (Å²) >= 11 is 0. The van der Waals surface area contributed by atoms with Gasteiger partial charge in [-0.25, -0.2) is 18.1 Å². The van der Waals surface area contributed by atoms with E-state index < -0.39 is 59.8 Å². The molecule has 0 aromatic heterocycles. The first kappa shape index (κ1) is 27.0. The number of nitrogens with zero attached hydrogens (tertiary/aromatic N) is 1. The Hall–Kier alpha value is -1.29. The Bertz CT molecular complexity index is 984. The molecule has 2 aliphatic rings. The highest BCUT2D eigenvalue weighted by molar-refractivity contribution is 7.66. The normalized spacial score (nSPS) is 34.7. The van der Waals surface area contributed by atoms with Crippen LogP contribution in [-0.4, -0.2) is 71.0 Å². The number of hydrogen-bond acceptors (Lipinski definition) is 11. The molecule has 7 N–H and O–H groups in total. The molecule has 0 aromatic carbocycles. The van der Waals surface area contributed by atoms with Gasteiger partial charge in [0.25, 0.3) is 11.8 Å². The Morgan fingerprint density at radius 3 is 2.34 bits per heavy atom. The number of ether oxygens (including phenoxy) is 1. The average Bonchev–Trinajstić information content (AvgIpc) is 2.80. The van der Waals surface area contributed by atoms with E-state index in [4.69, 9.17) is 19.4 Å². The lowest BCUT2D eigenvalue weighted by Crippen LogP contribution is -2.55. The van der Waals surface area contributed by atoms with Crippen molar-refractivity contribution in [1.29, 1.82) is 0 Å². The summed E-state index contributed by atoms with van der Waals surface area (Å²) in [5.41, 5.74) is -2.62. The van der Waals surface area contributed by atoms with Crippen LogP contribution in [0.15, 0.2) is 37.3 Å². The molecular weight excluding hydrogens is 508 g/mol. The third-order valence-electron chi connectivity index (χ3n) is 3.94. The minimum absolute atomic E-state index is 0.216. The van der Waals surface area contributed by atoms with Crippen LogP contribution in [-0.2, 0) is 36.4 Å². The fourth-order valence-corrected chi connectivity index (χ4v) is 5.64. The minimum Gasteiger partial charge on any atom is -0.383 e. The zero-order valence-corrected chi connectivity index (χ0v) is 18.3. The first-order valence-electron chi connectivity index (χ1n) is 8.00. The van der Waals surface area contributed by atoms with E-state index >= 15 is 4.39 Å². The second-order valence-electron chi connectivity index (χ2n) is 6.27. The summed E-state index contributed by atoms with van der Waals surface area (Å²) < 4.78 is 65.0. The lowest BCUT2D eigenvalue weighted by atomic mass is 9.92. The molecule has 182 valence electrons. The number of phosphoric ester groups is 1. The van der Waals surface area contributed by atoms with Crippen LogP contribution in [0.1, 0.15) is 0 Å². The predicted octanol–water partition coefficient (Wildman–Crippen LogP) is -0.954. The van der Waals surface area contributed by atoms with Gasteiger partial charge in [-0.05, 0) is 0 Å². The number of rotatable bonds is 9. The van der Waals surface area contributed by atoms with Crippen LogP contribution in [0.3, 0.4) is 0 Å². The summed E-state index contributed by atoms with van der Waals surface area (Å²) in [6.45, 7) is 4.99. The lowest BCUT2D eigenvalue weighted by Gasteiger charge is -2.37. The molecule has 16 nitrogen and oxygen atoms in total. The molecule has 1 amide bonds. The van der Waals surface area contributed by atoms with Gasteiger partial charge in [-0.3, -0.25) is 9.32 Å². The Kier molecular flexibility index (Phi) is 7.43. The molecule has 20 heteroatoms. The molecule has 6 atom stereocenters. The van der Waals surface area contributed by atoms with Crippen LogP contribution in [0.2, 0.25) is 0 Å². The number of amides is 1. The van der Waals surface area contributed by atoms with E-state index in [0.717, 1.165) is 17.2 Å². The molecule has 2 aliphatic heterocycles. The van der Waals surface area contributed by atoms with Crippen LogP contribution >= 0.6 is 23.5 Å². The van der Waals surface area contributed by atoms with Crippen molar-refractivity contribution in [2.45, 2.75) is 23.8 Å². The van der Waals surface area contributed by atoms with Crippen LogP contribution in [0, 0.1) is 0 Å². The third kappa shape index (κ3) is 5.98. The van der Waals surface area contributed by atoms with Crippen molar-refractivity contribution in [3.63, 3.8) is 0 Å². The first-order chi connectivity index (χ1) is 14.3. The molecule has 2 heterocycles. The van der Waals surface area contributed by atoms with Crippen molar-refractivity contribution in [3.8, 4) is 0 Å². The Morgan fingerprint density at radius 2 is 1.84 bits per heavy atom. The highest BCUT2D eigenvalue weighted by Gasteiger charge is 2.65. The summed E-state index contributed by atoms with van der Waals surface area (Å²) in [6, 6.07) is 0. The summed E-state index contributed by atoms with van der Waals surface area (Å²) in [7, 11) is -17.3. The van der Waals surface area contributed by atoms with Gasteiger partial charge < -0.3 is 44.7 Å². The number of aliphatic hydroxyl groups is 2. The maximum atomic E-state index is 15.3. The molecule has 0 saturated carbocycles. The molecule has 0 bridgehead atoms. The van der Waals surface area contributed by atoms with Crippen molar-refractivity contribution < 1.29 is 70.5 Å². The second-order valence-corrected chi connectivity index (χ2v) is 10.7. The van der Waals surface area contributed by atoms with Gasteiger partial charge in [-0.1, -0.05) is 19.2 Å². The maximum absolute atomic E-state index is 15.3. The third-order valence-corrected chi connectivity index (χ3v) is 7.72. The Morgan fingerprint density at radius 1 is 1.25 bits per heavy atom. The molecule has 0 aliphatic carbocycles. The summed E-state index contributed by atoms with van der Waals surface area (Å²) in [6.07, 6.45) is -1.77.